The summed E-state index contributed by atoms with van der Waals surface area (Å²) in [6.45, 7) is 4.76. The number of carboxylic acid groups (broad SMARTS) is 1. The molecule has 0 spiro atoms. The lowest BCUT2D eigenvalue weighted by atomic mass is 9.99. The van der Waals surface area contributed by atoms with Gasteiger partial charge in [-0.3, -0.25) is 4.90 Å². The van der Waals surface area contributed by atoms with Crippen molar-refractivity contribution in [1.29, 1.82) is 0 Å². The van der Waals surface area contributed by atoms with Gasteiger partial charge in [0.05, 0.1) is 5.56 Å². The van der Waals surface area contributed by atoms with E-state index in [2.05, 4.69) is 6.58 Å². The molecule has 0 bridgehead atoms. The number of hydrogen-bond donors (Lipinski definition) is 1. The highest BCUT2D eigenvalue weighted by Gasteiger charge is 2.25. The first-order valence-corrected chi connectivity index (χ1v) is 6.54. The second-order valence-electron chi connectivity index (χ2n) is 4.86. The van der Waals surface area contributed by atoms with Gasteiger partial charge in [0.15, 0.2) is 0 Å². The number of amides is 2. The van der Waals surface area contributed by atoms with Crippen molar-refractivity contribution >= 4 is 17.7 Å². The van der Waals surface area contributed by atoms with Gasteiger partial charge in [-0.05, 0) is 36.6 Å². The molecule has 0 saturated carbocycles. The van der Waals surface area contributed by atoms with Crippen LogP contribution in [0, 0.1) is 0 Å². The summed E-state index contributed by atoms with van der Waals surface area (Å²) in [5, 5.41) is 9.02. The lowest BCUT2D eigenvalue weighted by molar-refractivity contribution is 0.0696. The minimum Gasteiger partial charge on any atom is -0.478 e. The van der Waals surface area contributed by atoms with Crippen molar-refractivity contribution in [3.63, 3.8) is 0 Å². The molecular formula is C15H18N2O3. The number of carbonyl (C=O) groups excluding carboxylic acids is 1. The molecule has 0 aliphatic carbocycles. The molecule has 20 heavy (non-hydrogen) atoms. The fourth-order valence-electron chi connectivity index (χ4n) is 2.41. The van der Waals surface area contributed by atoms with Crippen LogP contribution in [0.4, 0.5) is 10.5 Å². The van der Waals surface area contributed by atoms with Gasteiger partial charge in [0.2, 0.25) is 0 Å². The van der Waals surface area contributed by atoms with E-state index >= 15 is 0 Å². The van der Waals surface area contributed by atoms with Gasteiger partial charge < -0.3 is 10.0 Å². The van der Waals surface area contributed by atoms with Crippen molar-refractivity contribution in [2.24, 2.45) is 0 Å². The van der Waals surface area contributed by atoms with Crippen LogP contribution in [0.15, 0.2) is 30.9 Å². The third-order valence-electron chi connectivity index (χ3n) is 3.41. The molecule has 5 nitrogen and oxygen atoms in total. The lowest BCUT2D eigenvalue weighted by Gasteiger charge is -2.32. The lowest BCUT2D eigenvalue weighted by Crippen LogP contribution is -2.43. The van der Waals surface area contributed by atoms with Crippen LogP contribution in [0.1, 0.15) is 22.3 Å². The van der Waals surface area contributed by atoms with Gasteiger partial charge in [0.25, 0.3) is 0 Å². The second kappa shape index (κ2) is 5.77. The predicted octanol–water partition coefficient (Wildman–Crippen LogP) is 2.38. The Bertz CT molecular complexity index is 554. The normalized spacial score (nSPS) is 13.6. The van der Waals surface area contributed by atoms with E-state index in [9.17, 15) is 9.59 Å². The Balaban J connectivity index is 2.31. The Morgan fingerprint density at radius 2 is 2.25 bits per heavy atom. The number of anilines is 1. The molecule has 0 radical (unpaired) electrons. The summed E-state index contributed by atoms with van der Waals surface area (Å²) >= 11 is 0. The molecule has 0 aromatic heterocycles. The fraction of sp³-hybridized carbons (Fsp3) is 0.333. The third-order valence-corrected chi connectivity index (χ3v) is 3.41. The average Bonchev–Trinajstić information content (AvgIpc) is 2.45. The summed E-state index contributed by atoms with van der Waals surface area (Å²) < 4.78 is 0. The van der Waals surface area contributed by atoms with Gasteiger partial charge in [-0.2, -0.15) is 0 Å². The van der Waals surface area contributed by atoms with Gasteiger partial charge in [0, 0.05) is 25.8 Å². The number of hydrogen-bond acceptors (Lipinski definition) is 2. The summed E-state index contributed by atoms with van der Waals surface area (Å²) in [4.78, 5) is 26.6. The van der Waals surface area contributed by atoms with Gasteiger partial charge in [-0.15, -0.1) is 6.58 Å². The number of nitrogens with zero attached hydrogens (tertiary/aromatic N) is 2. The van der Waals surface area contributed by atoms with Gasteiger partial charge >= 0.3 is 12.0 Å². The summed E-state index contributed by atoms with van der Waals surface area (Å²) in [5.41, 5.74) is 1.98. The Morgan fingerprint density at radius 1 is 1.50 bits per heavy atom. The molecule has 1 aliphatic rings. The van der Waals surface area contributed by atoms with E-state index < -0.39 is 5.97 Å². The van der Waals surface area contributed by atoms with Crippen molar-refractivity contribution in [3.8, 4) is 0 Å². The van der Waals surface area contributed by atoms with Crippen molar-refractivity contribution in [1.82, 2.24) is 4.90 Å². The smallest absolute Gasteiger partial charge is 0.335 e. The van der Waals surface area contributed by atoms with E-state index in [4.69, 9.17) is 5.11 Å². The number of urea groups is 1. The van der Waals surface area contributed by atoms with E-state index in [0.717, 1.165) is 24.1 Å². The minimum atomic E-state index is -0.944. The molecule has 0 atom stereocenters. The Kier molecular flexibility index (Phi) is 4.08. The molecular weight excluding hydrogens is 256 g/mol. The average molecular weight is 274 g/mol. The predicted molar refractivity (Wildman–Crippen MR) is 77.3 cm³/mol. The summed E-state index contributed by atoms with van der Waals surface area (Å²) in [6.07, 6.45) is 3.31. The molecule has 0 unspecified atom stereocenters. The topological polar surface area (TPSA) is 60.9 Å². The number of carbonyl (C=O) groups is 2. The number of fused-ring (bicyclic) bond motifs is 1. The maximum absolute atomic E-state index is 12.4. The first kappa shape index (κ1) is 14.1. The van der Waals surface area contributed by atoms with Crippen molar-refractivity contribution in [3.05, 3.63) is 42.0 Å². The largest absolute Gasteiger partial charge is 0.478 e. The first-order chi connectivity index (χ1) is 9.54. The maximum atomic E-state index is 12.4. The Morgan fingerprint density at radius 3 is 2.90 bits per heavy atom. The molecule has 0 fully saturated rings. The van der Waals surface area contributed by atoms with Crippen molar-refractivity contribution in [2.45, 2.75) is 12.8 Å². The quantitative estimate of drug-likeness (QED) is 0.861. The maximum Gasteiger partial charge on any atom is 0.335 e. The monoisotopic (exact) mass is 274 g/mol. The summed E-state index contributed by atoms with van der Waals surface area (Å²) in [7, 11) is 1.73. The highest BCUT2D eigenvalue weighted by atomic mass is 16.4. The Labute approximate surface area is 118 Å². The van der Waals surface area contributed by atoms with Gasteiger partial charge in [-0.25, -0.2) is 9.59 Å². The van der Waals surface area contributed by atoms with Crippen LogP contribution in [-0.4, -0.2) is 42.1 Å². The summed E-state index contributed by atoms with van der Waals surface area (Å²) in [6, 6.07) is 4.83. The highest BCUT2D eigenvalue weighted by molar-refractivity contribution is 5.95. The number of aromatic carboxylic acids is 1. The van der Waals surface area contributed by atoms with Gasteiger partial charge in [0.1, 0.15) is 0 Å². The molecule has 0 saturated heterocycles. The first-order valence-electron chi connectivity index (χ1n) is 6.54. The Hall–Kier alpha value is -2.30. The van der Waals surface area contributed by atoms with Crippen LogP contribution in [0.5, 0.6) is 0 Å². The molecule has 1 aliphatic heterocycles. The highest BCUT2D eigenvalue weighted by Crippen LogP contribution is 2.28. The summed E-state index contributed by atoms with van der Waals surface area (Å²) in [5.74, 6) is -0.944. The standard InChI is InChI=1S/C15H18N2O3/c1-3-8-16(2)15(20)17-9-4-5-11-10-12(14(18)19)6-7-13(11)17/h3,6-7,10H,1,4-5,8-9H2,2H3,(H,18,19). The second-order valence-corrected chi connectivity index (χ2v) is 4.86. The number of likely N-dealkylation sites (N-methyl/N-ethyl adjacent to an activating group) is 1. The number of rotatable bonds is 3. The fourth-order valence-corrected chi connectivity index (χ4v) is 2.41. The molecule has 5 heteroatoms. The SMILES string of the molecule is C=CCN(C)C(=O)N1CCCc2cc(C(=O)O)ccc21. The van der Waals surface area contributed by atoms with Crippen molar-refractivity contribution < 1.29 is 14.7 Å². The zero-order valence-electron chi connectivity index (χ0n) is 11.5. The molecule has 1 heterocycles. The van der Waals surface area contributed by atoms with Crippen LogP contribution in [0.3, 0.4) is 0 Å². The van der Waals surface area contributed by atoms with Crippen molar-refractivity contribution in [2.75, 3.05) is 25.0 Å². The molecule has 1 N–H and O–H groups in total. The van der Waals surface area contributed by atoms with Gasteiger partial charge in [-0.1, -0.05) is 6.08 Å². The van der Waals surface area contributed by atoms with E-state index in [-0.39, 0.29) is 11.6 Å². The number of benzene rings is 1. The van der Waals surface area contributed by atoms with E-state index in [1.54, 1.807) is 41.1 Å². The third kappa shape index (κ3) is 2.66. The minimum absolute atomic E-state index is 0.0890. The molecule has 2 rings (SSSR count). The molecule has 2 amide bonds. The van der Waals surface area contributed by atoms with E-state index in [1.165, 1.54) is 0 Å². The van der Waals surface area contributed by atoms with E-state index in [1.807, 2.05) is 0 Å². The zero-order valence-corrected chi connectivity index (χ0v) is 11.5. The van der Waals surface area contributed by atoms with Crippen LogP contribution in [-0.2, 0) is 6.42 Å². The van der Waals surface area contributed by atoms with Crippen LogP contribution in [0.2, 0.25) is 0 Å². The zero-order chi connectivity index (χ0) is 14.7. The van der Waals surface area contributed by atoms with Crippen LogP contribution < -0.4 is 4.90 Å². The van der Waals surface area contributed by atoms with Crippen LogP contribution >= 0.6 is 0 Å². The van der Waals surface area contributed by atoms with E-state index in [0.29, 0.717) is 13.1 Å². The van der Waals surface area contributed by atoms with Crippen LogP contribution in [0.25, 0.3) is 0 Å². The molecule has 1 aromatic carbocycles. The molecule has 106 valence electrons. The number of aryl methyl sites for hydroxylation is 1. The molecule has 1 aromatic rings. The number of carboxylic acids is 1.